The van der Waals surface area contributed by atoms with Crippen molar-refractivity contribution >= 4 is 17.1 Å². The predicted octanol–water partition coefficient (Wildman–Crippen LogP) is 1.80. The van der Waals surface area contributed by atoms with Gasteiger partial charge in [0.1, 0.15) is 0 Å². The first kappa shape index (κ1) is 9.49. The second-order valence-corrected chi connectivity index (χ2v) is 3.58. The van der Waals surface area contributed by atoms with Gasteiger partial charge in [0.15, 0.2) is 0 Å². The molecule has 14 heavy (non-hydrogen) atoms. The molecule has 2 N–H and O–H groups in total. The van der Waals surface area contributed by atoms with Crippen molar-refractivity contribution in [3.05, 3.63) is 34.9 Å². The zero-order chi connectivity index (χ0) is 10.1. The molecule has 0 unspecified atom stereocenters. The van der Waals surface area contributed by atoms with E-state index in [-0.39, 0.29) is 0 Å². The third-order valence-electron chi connectivity index (χ3n) is 2.29. The monoisotopic (exact) mass is 209 g/mol. The molecule has 0 aliphatic rings. The smallest absolute Gasteiger partial charge is 0.207 e. The lowest BCUT2D eigenvalue weighted by molar-refractivity contribution is 0.893. The van der Waals surface area contributed by atoms with E-state index in [1.807, 2.05) is 29.5 Å². The van der Waals surface area contributed by atoms with Gasteiger partial charge in [-0.2, -0.15) is 0 Å². The maximum atomic E-state index is 6.03. The van der Waals surface area contributed by atoms with E-state index in [4.69, 9.17) is 17.3 Å². The number of rotatable bonds is 2. The third-order valence-corrected chi connectivity index (χ3v) is 2.54. The molecular formula is C10H12ClN3. The summed E-state index contributed by atoms with van der Waals surface area (Å²) < 4.78 is 1.95. The molecular weight excluding hydrogens is 198 g/mol. The fraction of sp³-hybridized carbons (Fsp3) is 0.300. The molecule has 0 saturated carbocycles. The number of pyridine rings is 1. The van der Waals surface area contributed by atoms with Gasteiger partial charge in [0.25, 0.3) is 0 Å². The third kappa shape index (κ3) is 1.38. The maximum Gasteiger partial charge on any atom is 0.207 e. The van der Waals surface area contributed by atoms with Crippen molar-refractivity contribution in [2.75, 3.05) is 6.54 Å². The molecule has 0 aromatic carbocycles. The Morgan fingerprint density at radius 1 is 1.50 bits per heavy atom. The highest BCUT2D eigenvalue weighted by molar-refractivity contribution is 6.28. The predicted molar refractivity (Wildman–Crippen MR) is 57.7 cm³/mol. The van der Waals surface area contributed by atoms with Crippen molar-refractivity contribution in [1.29, 1.82) is 0 Å². The van der Waals surface area contributed by atoms with Crippen LogP contribution in [0.2, 0.25) is 5.28 Å². The minimum Gasteiger partial charge on any atom is -0.330 e. The van der Waals surface area contributed by atoms with Crippen LogP contribution >= 0.6 is 11.6 Å². The molecule has 2 heterocycles. The van der Waals surface area contributed by atoms with Gasteiger partial charge in [0.2, 0.25) is 5.28 Å². The van der Waals surface area contributed by atoms with Crippen LogP contribution in [0.1, 0.15) is 11.4 Å². The molecule has 0 amide bonds. The number of halogens is 1. The number of fused-ring (bicyclic) bond motifs is 1. The Hall–Kier alpha value is -1.06. The van der Waals surface area contributed by atoms with E-state index < -0.39 is 0 Å². The van der Waals surface area contributed by atoms with Crippen LogP contribution in [0.3, 0.4) is 0 Å². The van der Waals surface area contributed by atoms with Crippen molar-refractivity contribution in [3.63, 3.8) is 0 Å². The SMILES string of the molecule is Cc1nc(Cl)n2c(CCN)cccc12. The van der Waals surface area contributed by atoms with E-state index in [0.717, 1.165) is 23.3 Å². The highest BCUT2D eigenvalue weighted by Crippen LogP contribution is 2.18. The van der Waals surface area contributed by atoms with Gasteiger partial charge in [-0.1, -0.05) is 6.07 Å². The average Bonchev–Trinajstić information content (AvgIpc) is 2.44. The van der Waals surface area contributed by atoms with E-state index in [1.165, 1.54) is 0 Å². The molecule has 0 saturated heterocycles. The maximum absolute atomic E-state index is 6.03. The van der Waals surface area contributed by atoms with Crippen LogP contribution in [-0.2, 0) is 6.42 Å². The van der Waals surface area contributed by atoms with Gasteiger partial charge >= 0.3 is 0 Å². The Morgan fingerprint density at radius 2 is 2.29 bits per heavy atom. The summed E-state index contributed by atoms with van der Waals surface area (Å²) in [7, 11) is 0. The summed E-state index contributed by atoms with van der Waals surface area (Å²) in [6.45, 7) is 2.57. The van der Waals surface area contributed by atoms with E-state index >= 15 is 0 Å². The molecule has 0 bridgehead atoms. The highest BCUT2D eigenvalue weighted by Gasteiger charge is 2.08. The molecule has 0 atom stereocenters. The Bertz CT molecular complexity index is 462. The van der Waals surface area contributed by atoms with Gasteiger partial charge in [-0.25, -0.2) is 4.98 Å². The lowest BCUT2D eigenvalue weighted by Crippen LogP contribution is -2.06. The lowest BCUT2D eigenvalue weighted by Gasteiger charge is -2.04. The second-order valence-electron chi connectivity index (χ2n) is 3.24. The fourth-order valence-electron chi connectivity index (χ4n) is 1.64. The van der Waals surface area contributed by atoms with Crippen molar-refractivity contribution in [1.82, 2.24) is 9.38 Å². The van der Waals surface area contributed by atoms with Gasteiger partial charge in [-0.15, -0.1) is 0 Å². The zero-order valence-corrected chi connectivity index (χ0v) is 8.75. The van der Waals surface area contributed by atoms with Gasteiger partial charge in [-0.3, -0.25) is 4.40 Å². The number of imidazole rings is 1. The van der Waals surface area contributed by atoms with Gasteiger partial charge < -0.3 is 5.73 Å². The van der Waals surface area contributed by atoms with Crippen LogP contribution in [0, 0.1) is 6.92 Å². The van der Waals surface area contributed by atoms with E-state index in [2.05, 4.69) is 4.98 Å². The number of hydrogen-bond donors (Lipinski definition) is 1. The van der Waals surface area contributed by atoms with Crippen LogP contribution in [-0.4, -0.2) is 15.9 Å². The molecule has 0 spiro atoms. The van der Waals surface area contributed by atoms with Crippen molar-refractivity contribution < 1.29 is 0 Å². The summed E-state index contributed by atoms with van der Waals surface area (Å²) in [6.07, 6.45) is 0.812. The number of nitrogens with two attached hydrogens (primary N) is 1. The van der Waals surface area contributed by atoms with Crippen molar-refractivity contribution in [3.8, 4) is 0 Å². The van der Waals surface area contributed by atoms with E-state index in [1.54, 1.807) is 0 Å². The summed E-state index contributed by atoms with van der Waals surface area (Å²) in [5, 5.41) is 0.515. The molecule has 74 valence electrons. The molecule has 2 aromatic rings. The van der Waals surface area contributed by atoms with Crippen LogP contribution in [0.4, 0.5) is 0 Å². The first-order valence-corrected chi connectivity index (χ1v) is 4.94. The standard InChI is InChI=1S/C10H12ClN3/c1-7-9-4-2-3-8(5-6-12)14(9)10(11)13-7/h2-4H,5-6,12H2,1H3. The van der Waals surface area contributed by atoms with Crippen LogP contribution in [0.5, 0.6) is 0 Å². The quantitative estimate of drug-likeness (QED) is 0.820. The van der Waals surface area contributed by atoms with Crippen LogP contribution < -0.4 is 5.73 Å². The summed E-state index contributed by atoms with van der Waals surface area (Å²) in [4.78, 5) is 4.22. The molecule has 4 heteroatoms. The molecule has 2 aromatic heterocycles. The number of aryl methyl sites for hydroxylation is 1. The minimum atomic E-state index is 0.515. The summed E-state index contributed by atoms with van der Waals surface area (Å²) in [6, 6.07) is 6.03. The Balaban J connectivity index is 2.72. The van der Waals surface area contributed by atoms with Crippen LogP contribution in [0.15, 0.2) is 18.2 Å². The Morgan fingerprint density at radius 3 is 3.00 bits per heavy atom. The molecule has 3 nitrogen and oxygen atoms in total. The van der Waals surface area contributed by atoms with Gasteiger partial charge in [-0.05, 0) is 37.2 Å². The Kier molecular flexibility index (Phi) is 2.44. The van der Waals surface area contributed by atoms with E-state index in [9.17, 15) is 0 Å². The lowest BCUT2D eigenvalue weighted by atomic mass is 10.2. The van der Waals surface area contributed by atoms with Crippen molar-refractivity contribution in [2.45, 2.75) is 13.3 Å². The normalized spacial score (nSPS) is 11.1. The number of hydrogen-bond acceptors (Lipinski definition) is 2. The molecule has 0 aliphatic heterocycles. The first-order chi connectivity index (χ1) is 6.74. The first-order valence-electron chi connectivity index (χ1n) is 4.56. The molecule has 2 rings (SSSR count). The van der Waals surface area contributed by atoms with E-state index in [0.29, 0.717) is 11.8 Å². The largest absolute Gasteiger partial charge is 0.330 e. The molecule has 0 aliphatic carbocycles. The zero-order valence-electron chi connectivity index (χ0n) is 8.00. The topological polar surface area (TPSA) is 43.3 Å². The molecule has 0 fully saturated rings. The average molecular weight is 210 g/mol. The highest BCUT2D eigenvalue weighted by atomic mass is 35.5. The summed E-state index contributed by atoms with van der Waals surface area (Å²) in [5.74, 6) is 0. The van der Waals surface area contributed by atoms with Gasteiger partial charge in [0, 0.05) is 12.1 Å². The summed E-state index contributed by atoms with van der Waals surface area (Å²) in [5.41, 5.74) is 8.65. The minimum absolute atomic E-state index is 0.515. The Labute approximate surface area is 87.5 Å². The summed E-state index contributed by atoms with van der Waals surface area (Å²) >= 11 is 6.03. The second kappa shape index (κ2) is 3.59. The number of aromatic nitrogens is 2. The molecule has 0 radical (unpaired) electrons. The number of nitrogens with zero attached hydrogens (tertiary/aromatic N) is 2. The van der Waals surface area contributed by atoms with Gasteiger partial charge in [0.05, 0.1) is 11.2 Å². The van der Waals surface area contributed by atoms with Crippen molar-refractivity contribution in [2.24, 2.45) is 5.73 Å². The van der Waals surface area contributed by atoms with Crippen LogP contribution in [0.25, 0.3) is 5.52 Å². The fourth-order valence-corrected chi connectivity index (χ4v) is 1.97.